The first-order chi connectivity index (χ1) is 8.20. The summed E-state index contributed by atoms with van der Waals surface area (Å²) in [6.07, 6.45) is 0. The van der Waals surface area contributed by atoms with Crippen LogP contribution in [0.3, 0.4) is 0 Å². The molecule has 6 nitrogen and oxygen atoms in total. The molecule has 0 aliphatic heterocycles. The second-order valence-electron chi connectivity index (χ2n) is 3.44. The van der Waals surface area contributed by atoms with Crippen molar-refractivity contribution >= 4 is 5.91 Å². The van der Waals surface area contributed by atoms with E-state index in [0.717, 1.165) is 11.1 Å². The van der Waals surface area contributed by atoms with Crippen LogP contribution in [0.4, 0.5) is 0 Å². The highest BCUT2D eigenvalue weighted by molar-refractivity contribution is 5.93. The standard InChI is InChI=1S/C11H8N4O2/c1-7-2-4-8(5-3-7)10-6-9(14-17-10)11(16)13-15-12/h2-6H,1H3. The van der Waals surface area contributed by atoms with Crippen LogP contribution in [0.2, 0.25) is 0 Å². The second kappa shape index (κ2) is 4.51. The fourth-order valence-electron chi connectivity index (χ4n) is 1.32. The second-order valence-corrected chi connectivity index (χ2v) is 3.44. The summed E-state index contributed by atoms with van der Waals surface area (Å²) in [5.41, 5.74) is 10.1. The molecule has 0 N–H and O–H groups in total. The molecule has 1 aromatic carbocycles. The van der Waals surface area contributed by atoms with Gasteiger partial charge >= 0.3 is 0 Å². The molecule has 2 rings (SSSR count). The van der Waals surface area contributed by atoms with Crippen molar-refractivity contribution in [3.63, 3.8) is 0 Å². The monoisotopic (exact) mass is 228 g/mol. The Labute approximate surface area is 96.5 Å². The summed E-state index contributed by atoms with van der Waals surface area (Å²) in [6, 6.07) is 9.01. The molecule has 17 heavy (non-hydrogen) atoms. The molecule has 2 aromatic rings. The Morgan fingerprint density at radius 3 is 2.76 bits per heavy atom. The van der Waals surface area contributed by atoms with E-state index >= 15 is 0 Å². The van der Waals surface area contributed by atoms with E-state index in [1.54, 1.807) is 0 Å². The van der Waals surface area contributed by atoms with E-state index in [1.165, 1.54) is 6.07 Å². The third kappa shape index (κ3) is 2.32. The molecule has 0 radical (unpaired) electrons. The van der Waals surface area contributed by atoms with Gasteiger partial charge in [-0.05, 0) is 17.6 Å². The third-order valence-corrected chi connectivity index (χ3v) is 2.20. The lowest BCUT2D eigenvalue weighted by molar-refractivity contribution is 0.0992. The van der Waals surface area contributed by atoms with Gasteiger partial charge in [0.15, 0.2) is 11.5 Å². The van der Waals surface area contributed by atoms with E-state index in [2.05, 4.69) is 15.2 Å². The fourth-order valence-corrected chi connectivity index (χ4v) is 1.32. The lowest BCUT2D eigenvalue weighted by atomic mass is 10.1. The van der Waals surface area contributed by atoms with Crippen LogP contribution in [0.15, 0.2) is 40.0 Å². The van der Waals surface area contributed by atoms with Crippen LogP contribution in [-0.4, -0.2) is 11.1 Å². The summed E-state index contributed by atoms with van der Waals surface area (Å²) in [7, 11) is 0. The number of rotatable bonds is 2. The van der Waals surface area contributed by atoms with Crippen molar-refractivity contribution in [3.05, 3.63) is 52.0 Å². The van der Waals surface area contributed by atoms with Gasteiger partial charge in [-0.2, -0.15) is 0 Å². The summed E-state index contributed by atoms with van der Waals surface area (Å²) < 4.78 is 5.00. The number of carbonyl (C=O) groups is 1. The van der Waals surface area contributed by atoms with E-state index in [0.29, 0.717) is 5.76 Å². The molecule has 0 fully saturated rings. The summed E-state index contributed by atoms with van der Waals surface area (Å²) in [6.45, 7) is 1.97. The Morgan fingerprint density at radius 2 is 2.12 bits per heavy atom. The number of aromatic nitrogens is 1. The first kappa shape index (κ1) is 10.9. The maximum absolute atomic E-state index is 11.2. The molecule has 0 aliphatic carbocycles. The van der Waals surface area contributed by atoms with E-state index < -0.39 is 5.91 Å². The average Bonchev–Trinajstić information content (AvgIpc) is 2.80. The smallest absolute Gasteiger partial charge is 0.270 e. The van der Waals surface area contributed by atoms with Crippen molar-refractivity contribution in [2.45, 2.75) is 6.92 Å². The number of aryl methyl sites for hydroxylation is 1. The SMILES string of the molecule is Cc1ccc(-c2cc(C(=O)N=[N+]=[N-])no2)cc1. The largest absolute Gasteiger partial charge is 0.356 e. The minimum absolute atomic E-state index is 0.00150. The number of hydrogen-bond acceptors (Lipinski definition) is 3. The molecular weight excluding hydrogens is 220 g/mol. The molecule has 0 unspecified atom stereocenters. The Morgan fingerprint density at radius 1 is 1.41 bits per heavy atom. The van der Waals surface area contributed by atoms with Crippen LogP contribution in [-0.2, 0) is 0 Å². The molecule has 1 heterocycles. The topological polar surface area (TPSA) is 91.9 Å². The number of benzene rings is 1. The molecule has 0 saturated heterocycles. The van der Waals surface area contributed by atoms with Gasteiger partial charge in [0, 0.05) is 16.5 Å². The predicted molar refractivity (Wildman–Crippen MR) is 60.2 cm³/mol. The molecule has 6 heteroatoms. The summed E-state index contributed by atoms with van der Waals surface area (Å²) in [5, 5.41) is 6.48. The number of carbonyl (C=O) groups excluding carboxylic acids is 1. The Kier molecular flexibility index (Phi) is 2.89. The van der Waals surface area contributed by atoms with E-state index in [-0.39, 0.29) is 5.69 Å². The summed E-state index contributed by atoms with van der Waals surface area (Å²) in [5.74, 6) is -0.295. The van der Waals surface area contributed by atoms with Crippen molar-refractivity contribution in [1.82, 2.24) is 5.16 Å². The molecule has 1 aromatic heterocycles. The first-order valence-electron chi connectivity index (χ1n) is 4.84. The lowest BCUT2D eigenvalue weighted by Crippen LogP contribution is -1.91. The molecular formula is C11H8N4O2. The predicted octanol–water partition coefficient (Wildman–Crippen LogP) is 3.10. The van der Waals surface area contributed by atoms with Gasteiger partial charge < -0.3 is 4.52 Å². The van der Waals surface area contributed by atoms with Gasteiger partial charge in [-0.1, -0.05) is 35.0 Å². The minimum atomic E-state index is -0.755. The molecule has 0 atom stereocenters. The zero-order valence-electron chi connectivity index (χ0n) is 8.99. The van der Waals surface area contributed by atoms with Crippen LogP contribution < -0.4 is 0 Å². The summed E-state index contributed by atoms with van der Waals surface area (Å²) >= 11 is 0. The zero-order chi connectivity index (χ0) is 12.3. The molecule has 0 spiro atoms. The van der Waals surface area contributed by atoms with E-state index in [1.807, 2.05) is 31.2 Å². The van der Waals surface area contributed by atoms with Crippen molar-refractivity contribution in [2.24, 2.45) is 5.11 Å². The first-order valence-corrected chi connectivity index (χ1v) is 4.84. The molecule has 0 aliphatic rings. The van der Waals surface area contributed by atoms with Gasteiger partial charge in [0.25, 0.3) is 5.91 Å². The van der Waals surface area contributed by atoms with Gasteiger partial charge in [-0.25, -0.2) is 0 Å². The highest BCUT2D eigenvalue weighted by atomic mass is 16.5. The van der Waals surface area contributed by atoms with Crippen LogP contribution in [0.1, 0.15) is 16.1 Å². The lowest BCUT2D eigenvalue weighted by Gasteiger charge is -1.95. The van der Waals surface area contributed by atoms with Crippen molar-refractivity contribution in [3.8, 4) is 11.3 Å². The Balaban J connectivity index is 2.32. The van der Waals surface area contributed by atoms with Crippen LogP contribution in [0, 0.1) is 6.92 Å². The van der Waals surface area contributed by atoms with Gasteiger partial charge in [0.1, 0.15) is 0 Å². The van der Waals surface area contributed by atoms with Gasteiger partial charge in [-0.15, -0.1) is 0 Å². The van der Waals surface area contributed by atoms with Gasteiger partial charge in [0.05, 0.1) is 0 Å². The van der Waals surface area contributed by atoms with Crippen LogP contribution in [0.5, 0.6) is 0 Å². The normalized spacial score (nSPS) is 9.71. The minimum Gasteiger partial charge on any atom is -0.356 e. The van der Waals surface area contributed by atoms with Crippen LogP contribution in [0.25, 0.3) is 21.8 Å². The molecule has 1 amide bonds. The van der Waals surface area contributed by atoms with Crippen molar-refractivity contribution in [1.29, 1.82) is 0 Å². The quantitative estimate of drug-likeness (QED) is 0.449. The average molecular weight is 228 g/mol. The maximum atomic E-state index is 11.2. The number of nitrogens with zero attached hydrogens (tertiary/aromatic N) is 4. The highest BCUT2D eigenvalue weighted by Gasteiger charge is 2.11. The fraction of sp³-hybridized carbons (Fsp3) is 0.0909. The zero-order valence-corrected chi connectivity index (χ0v) is 8.99. The molecule has 0 saturated carbocycles. The number of hydrogen-bond donors (Lipinski definition) is 0. The van der Waals surface area contributed by atoms with Crippen molar-refractivity contribution in [2.75, 3.05) is 0 Å². The molecule has 0 bridgehead atoms. The Hall–Kier alpha value is -2.59. The number of azide groups is 1. The van der Waals surface area contributed by atoms with E-state index in [9.17, 15) is 4.79 Å². The summed E-state index contributed by atoms with van der Waals surface area (Å²) in [4.78, 5) is 13.6. The van der Waals surface area contributed by atoms with Gasteiger partial charge in [0.2, 0.25) is 0 Å². The maximum Gasteiger partial charge on any atom is 0.270 e. The van der Waals surface area contributed by atoms with Crippen molar-refractivity contribution < 1.29 is 9.32 Å². The third-order valence-electron chi connectivity index (χ3n) is 2.20. The highest BCUT2D eigenvalue weighted by Crippen LogP contribution is 2.20. The number of amides is 1. The van der Waals surface area contributed by atoms with Gasteiger partial charge in [-0.3, -0.25) is 4.79 Å². The van der Waals surface area contributed by atoms with E-state index in [4.69, 9.17) is 10.1 Å². The molecule has 84 valence electrons. The van der Waals surface area contributed by atoms with Crippen LogP contribution >= 0.6 is 0 Å². The Bertz CT molecular complexity index is 594.